The highest BCUT2D eigenvalue weighted by Gasteiger charge is 2.27. The minimum absolute atomic E-state index is 0.117. The molecule has 37 heavy (non-hydrogen) atoms. The second-order valence-corrected chi connectivity index (χ2v) is 10.1. The summed E-state index contributed by atoms with van der Waals surface area (Å²) in [5, 5.41) is 11.2. The van der Waals surface area contributed by atoms with Gasteiger partial charge in [-0.1, -0.05) is 37.1 Å². The molecule has 3 aromatic rings. The predicted octanol–water partition coefficient (Wildman–Crippen LogP) is 4.38. The third kappa shape index (κ3) is 4.85. The van der Waals surface area contributed by atoms with Gasteiger partial charge in [0.1, 0.15) is 11.3 Å². The number of hydrogen-bond acceptors (Lipinski definition) is 6. The average molecular weight is 503 g/mol. The number of fused-ring (bicyclic) bond motifs is 3. The minimum atomic E-state index is -0.536. The van der Waals surface area contributed by atoms with Crippen molar-refractivity contribution in [2.24, 2.45) is 0 Å². The molecule has 1 aliphatic heterocycles. The maximum Gasteiger partial charge on any atom is 0.414 e. The molecule has 0 saturated heterocycles. The second-order valence-electron chi connectivity index (χ2n) is 10.1. The number of nitrogens with zero attached hydrogens (tertiary/aromatic N) is 4. The lowest BCUT2D eigenvalue weighted by molar-refractivity contribution is 0.0735. The molecule has 0 bridgehead atoms. The van der Waals surface area contributed by atoms with E-state index in [9.17, 15) is 14.7 Å². The van der Waals surface area contributed by atoms with Crippen LogP contribution in [0.2, 0.25) is 0 Å². The van der Waals surface area contributed by atoms with Crippen molar-refractivity contribution in [3.05, 3.63) is 69.8 Å². The lowest BCUT2D eigenvalue weighted by Gasteiger charge is -2.30. The Morgan fingerprint density at radius 3 is 2.84 bits per heavy atom. The summed E-state index contributed by atoms with van der Waals surface area (Å²) in [6, 6.07) is 9.21. The Hall–Kier alpha value is -3.65. The van der Waals surface area contributed by atoms with Crippen molar-refractivity contribution < 1.29 is 14.6 Å². The van der Waals surface area contributed by atoms with E-state index in [0.29, 0.717) is 36.0 Å². The quantitative estimate of drug-likeness (QED) is 0.557. The fourth-order valence-electron chi connectivity index (χ4n) is 5.37. The average Bonchev–Trinajstić information content (AvgIpc) is 2.89. The van der Waals surface area contributed by atoms with Crippen molar-refractivity contribution in [3.63, 3.8) is 0 Å². The number of benzene rings is 2. The van der Waals surface area contributed by atoms with Crippen molar-refractivity contribution in [2.45, 2.75) is 51.2 Å². The lowest BCUT2D eigenvalue weighted by atomic mass is 9.91. The van der Waals surface area contributed by atoms with E-state index in [1.54, 1.807) is 24.0 Å². The molecule has 1 aromatic heterocycles. The third-order valence-electron chi connectivity index (χ3n) is 7.56. The third-order valence-corrected chi connectivity index (χ3v) is 7.56. The van der Waals surface area contributed by atoms with E-state index in [4.69, 9.17) is 9.72 Å². The molecule has 194 valence electrons. The summed E-state index contributed by atoms with van der Waals surface area (Å²) in [5.74, 6) is 0.487. The molecule has 0 radical (unpaired) electrons. The minimum Gasteiger partial charge on any atom is -0.410 e. The summed E-state index contributed by atoms with van der Waals surface area (Å²) in [7, 11) is 3.71. The Morgan fingerprint density at radius 1 is 1.24 bits per heavy atom. The molecule has 2 unspecified atom stereocenters. The zero-order valence-corrected chi connectivity index (χ0v) is 21.7. The van der Waals surface area contributed by atoms with Crippen LogP contribution in [0.15, 0.2) is 47.5 Å². The van der Waals surface area contributed by atoms with E-state index >= 15 is 0 Å². The first-order valence-electron chi connectivity index (χ1n) is 13.0. The van der Waals surface area contributed by atoms with Gasteiger partial charge in [-0.3, -0.25) is 9.36 Å². The summed E-state index contributed by atoms with van der Waals surface area (Å²) in [6.07, 6.45) is 8.89. The SMILES string of the molecule is CCN(C)C(=O)Oc1cccc(Cc2cc3c(=O)n(C4CCCCC4O)cnc3c3c2C=CCN3C)c1. The molecule has 8 nitrogen and oxygen atoms in total. The van der Waals surface area contributed by atoms with Gasteiger partial charge in [0.15, 0.2) is 0 Å². The molecule has 1 aliphatic carbocycles. The first-order valence-corrected chi connectivity index (χ1v) is 13.0. The zero-order valence-electron chi connectivity index (χ0n) is 21.7. The number of ether oxygens (including phenoxy) is 1. The van der Waals surface area contributed by atoms with Crippen LogP contribution in [0, 0.1) is 0 Å². The Kier molecular flexibility index (Phi) is 7.02. The highest BCUT2D eigenvalue weighted by Crippen LogP contribution is 2.36. The summed E-state index contributed by atoms with van der Waals surface area (Å²) in [5.41, 5.74) is 4.52. The van der Waals surface area contributed by atoms with Gasteiger partial charge in [-0.2, -0.15) is 0 Å². The molecular weight excluding hydrogens is 468 g/mol. The predicted molar refractivity (Wildman–Crippen MR) is 145 cm³/mol. The van der Waals surface area contributed by atoms with Crippen LogP contribution in [0.25, 0.3) is 17.0 Å². The fourth-order valence-corrected chi connectivity index (χ4v) is 5.37. The molecule has 1 fully saturated rings. The van der Waals surface area contributed by atoms with E-state index in [1.165, 1.54) is 4.90 Å². The van der Waals surface area contributed by atoms with Crippen molar-refractivity contribution >= 4 is 28.8 Å². The largest absolute Gasteiger partial charge is 0.414 e. The summed E-state index contributed by atoms with van der Waals surface area (Å²) < 4.78 is 7.17. The van der Waals surface area contributed by atoms with Crippen LogP contribution in [0.3, 0.4) is 0 Å². The first-order chi connectivity index (χ1) is 17.9. The van der Waals surface area contributed by atoms with Crippen molar-refractivity contribution in [1.82, 2.24) is 14.5 Å². The number of likely N-dealkylation sites (N-methyl/N-ethyl adjacent to an activating group) is 1. The lowest BCUT2D eigenvalue weighted by Crippen LogP contribution is -2.35. The van der Waals surface area contributed by atoms with Crippen molar-refractivity contribution in [3.8, 4) is 5.75 Å². The molecule has 1 amide bonds. The molecule has 2 aromatic carbocycles. The van der Waals surface area contributed by atoms with Crippen LogP contribution in [-0.2, 0) is 6.42 Å². The molecule has 1 N–H and O–H groups in total. The van der Waals surface area contributed by atoms with Gasteiger partial charge >= 0.3 is 6.09 Å². The number of aromatic nitrogens is 2. The van der Waals surface area contributed by atoms with Gasteiger partial charge in [0, 0.05) is 32.7 Å². The van der Waals surface area contributed by atoms with E-state index in [-0.39, 0.29) is 11.6 Å². The Bertz CT molecular complexity index is 1410. The standard InChI is InChI=1S/C29H34N4O4/c1-4-31(2)29(36)37-21-10-7-9-19(16-21)15-20-17-23-26(27-22(20)11-8-14-32(27)3)30-18-33(28(23)35)24-12-5-6-13-25(24)34/h7-11,16-18,24-25,34H,4-6,12-15H2,1-3H3. The van der Waals surface area contributed by atoms with Gasteiger partial charge < -0.3 is 19.6 Å². The highest BCUT2D eigenvalue weighted by atomic mass is 16.6. The molecule has 5 rings (SSSR count). The zero-order chi connectivity index (χ0) is 26.1. The van der Waals surface area contributed by atoms with Gasteiger partial charge in [-0.15, -0.1) is 0 Å². The monoisotopic (exact) mass is 502 g/mol. The van der Waals surface area contributed by atoms with E-state index < -0.39 is 12.2 Å². The molecule has 2 heterocycles. The van der Waals surface area contributed by atoms with Gasteiger partial charge in [0.05, 0.1) is 29.5 Å². The Labute approximate surface area is 216 Å². The Balaban J connectivity index is 1.57. The van der Waals surface area contributed by atoms with Crippen LogP contribution in [0.4, 0.5) is 10.5 Å². The maximum atomic E-state index is 13.8. The van der Waals surface area contributed by atoms with Crippen LogP contribution >= 0.6 is 0 Å². The van der Waals surface area contributed by atoms with Gasteiger partial charge in [0.25, 0.3) is 5.56 Å². The van der Waals surface area contributed by atoms with Crippen LogP contribution in [-0.4, -0.2) is 58.9 Å². The first kappa shape index (κ1) is 25.0. The molecular formula is C29H34N4O4. The van der Waals surface area contributed by atoms with Crippen molar-refractivity contribution in [1.29, 1.82) is 0 Å². The number of amides is 1. The van der Waals surface area contributed by atoms with Gasteiger partial charge in [-0.05, 0) is 55.5 Å². The number of carbonyl (C=O) groups excluding carboxylic acids is 1. The number of hydrogen-bond donors (Lipinski definition) is 1. The topological polar surface area (TPSA) is 87.9 Å². The molecule has 2 aliphatic rings. The van der Waals surface area contributed by atoms with Crippen LogP contribution in [0.5, 0.6) is 5.75 Å². The van der Waals surface area contributed by atoms with E-state index in [2.05, 4.69) is 17.1 Å². The summed E-state index contributed by atoms with van der Waals surface area (Å²) in [6.45, 7) is 3.18. The van der Waals surface area contributed by atoms with Gasteiger partial charge in [-0.25, -0.2) is 9.78 Å². The molecule has 2 atom stereocenters. The molecule has 1 saturated carbocycles. The van der Waals surface area contributed by atoms with E-state index in [1.807, 2.05) is 38.2 Å². The highest BCUT2D eigenvalue weighted by molar-refractivity contribution is 5.97. The van der Waals surface area contributed by atoms with Gasteiger partial charge in [0.2, 0.25) is 0 Å². The summed E-state index contributed by atoms with van der Waals surface area (Å²) in [4.78, 5) is 34.4. The molecule has 0 spiro atoms. The number of anilines is 1. The van der Waals surface area contributed by atoms with Crippen molar-refractivity contribution in [2.75, 3.05) is 32.1 Å². The normalized spacial score (nSPS) is 19.1. The number of aliphatic hydroxyl groups is 1. The number of aliphatic hydroxyl groups excluding tert-OH is 1. The number of carbonyl (C=O) groups is 1. The maximum absolute atomic E-state index is 13.8. The number of rotatable bonds is 5. The second kappa shape index (κ2) is 10.4. The molecule has 8 heteroatoms. The Morgan fingerprint density at radius 2 is 2.05 bits per heavy atom. The van der Waals surface area contributed by atoms with Crippen LogP contribution < -0.4 is 15.2 Å². The fraction of sp³-hybridized carbons (Fsp3) is 0.414. The summed E-state index contributed by atoms with van der Waals surface area (Å²) >= 11 is 0. The van der Waals surface area contributed by atoms with Crippen LogP contribution in [0.1, 0.15) is 55.3 Å². The van der Waals surface area contributed by atoms with E-state index in [0.717, 1.165) is 48.2 Å². The smallest absolute Gasteiger partial charge is 0.410 e.